The van der Waals surface area contributed by atoms with Gasteiger partial charge in [-0.05, 0) is 47.7 Å². The first kappa shape index (κ1) is 17.4. The van der Waals surface area contributed by atoms with Crippen molar-refractivity contribution in [1.29, 1.82) is 5.26 Å². The van der Waals surface area contributed by atoms with E-state index in [1.54, 1.807) is 13.1 Å². The Kier molecular flexibility index (Phi) is 4.46. The number of hydrogen-bond donors (Lipinski definition) is 1. The van der Waals surface area contributed by atoms with Crippen LogP contribution in [-0.4, -0.2) is 36.8 Å². The predicted molar refractivity (Wildman–Crippen MR) is 103 cm³/mol. The third-order valence-electron chi connectivity index (χ3n) is 5.24. The molecule has 0 radical (unpaired) electrons. The number of hydrogen-bond acceptors (Lipinski definition) is 6. The summed E-state index contributed by atoms with van der Waals surface area (Å²) in [5, 5.41) is 10.7. The van der Waals surface area contributed by atoms with Crippen molar-refractivity contribution in [1.82, 2.24) is 5.06 Å². The number of ether oxygens (including phenoxy) is 1. The maximum Gasteiger partial charge on any atom is 0.225 e. The third kappa shape index (κ3) is 3.46. The Hall–Kier alpha value is -3.04. The molecule has 0 atom stereocenters. The molecule has 6 nitrogen and oxygen atoms in total. The standard InChI is InChI=1S/C21H22N4O2/c1-25-20(23)24-21(7-9-26-10-8-21)13-18-6-5-17(12-19(18)27-25)16-4-2-3-15(11-16)14-22/h2-6,11-12H,7-10,13H2,1H3,(H2,23,24). The van der Waals surface area contributed by atoms with Crippen LogP contribution in [0.1, 0.15) is 24.0 Å². The first-order valence-electron chi connectivity index (χ1n) is 9.07. The second kappa shape index (κ2) is 6.93. The summed E-state index contributed by atoms with van der Waals surface area (Å²) in [6, 6.07) is 15.9. The van der Waals surface area contributed by atoms with Gasteiger partial charge in [0.05, 0.1) is 17.2 Å². The highest BCUT2D eigenvalue weighted by Gasteiger charge is 2.35. The molecule has 1 fully saturated rings. The lowest BCUT2D eigenvalue weighted by Crippen LogP contribution is -2.45. The van der Waals surface area contributed by atoms with Gasteiger partial charge in [-0.3, -0.25) is 0 Å². The Labute approximate surface area is 158 Å². The molecule has 0 saturated carbocycles. The van der Waals surface area contributed by atoms with E-state index in [0.717, 1.165) is 41.7 Å². The number of nitrogens with zero attached hydrogens (tertiary/aromatic N) is 3. The third-order valence-corrected chi connectivity index (χ3v) is 5.24. The number of guanidine groups is 1. The molecular formula is C21H22N4O2. The van der Waals surface area contributed by atoms with E-state index in [9.17, 15) is 0 Å². The molecule has 2 heterocycles. The second-order valence-corrected chi connectivity index (χ2v) is 7.09. The minimum atomic E-state index is -0.253. The molecule has 0 aromatic heterocycles. The number of rotatable bonds is 1. The van der Waals surface area contributed by atoms with Gasteiger partial charge in [0.1, 0.15) is 0 Å². The Morgan fingerprint density at radius 1 is 1.15 bits per heavy atom. The van der Waals surface area contributed by atoms with Crippen LogP contribution >= 0.6 is 0 Å². The molecule has 2 aliphatic rings. The molecule has 2 aromatic rings. The van der Waals surface area contributed by atoms with Crippen LogP contribution in [0.25, 0.3) is 11.1 Å². The van der Waals surface area contributed by atoms with Crippen LogP contribution in [0.4, 0.5) is 0 Å². The van der Waals surface area contributed by atoms with Crippen LogP contribution in [-0.2, 0) is 11.2 Å². The highest BCUT2D eigenvalue weighted by atomic mass is 16.7. The highest BCUT2D eigenvalue weighted by molar-refractivity contribution is 5.78. The first-order valence-corrected chi connectivity index (χ1v) is 9.07. The fourth-order valence-corrected chi connectivity index (χ4v) is 3.68. The molecule has 1 spiro atoms. The van der Waals surface area contributed by atoms with Crippen molar-refractivity contribution in [3.8, 4) is 22.9 Å². The van der Waals surface area contributed by atoms with Crippen LogP contribution in [0.15, 0.2) is 47.5 Å². The molecule has 2 aliphatic heterocycles. The minimum Gasteiger partial charge on any atom is -0.381 e. The summed E-state index contributed by atoms with van der Waals surface area (Å²) in [5.74, 6) is 1.14. The van der Waals surface area contributed by atoms with Gasteiger partial charge in [-0.15, -0.1) is 0 Å². The zero-order valence-corrected chi connectivity index (χ0v) is 15.3. The van der Waals surface area contributed by atoms with Gasteiger partial charge in [0.2, 0.25) is 5.96 Å². The summed E-state index contributed by atoms with van der Waals surface area (Å²) in [6.07, 6.45) is 2.44. The molecule has 6 heteroatoms. The molecule has 0 unspecified atom stereocenters. The van der Waals surface area contributed by atoms with Crippen molar-refractivity contribution in [2.24, 2.45) is 10.7 Å². The summed E-state index contributed by atoms with van der Waals surface area (Å²) < 4.78 is 5.54. The summed E-state index contributed by atoms with van der Waals surface area (Å²) >= 11 is 0. The maximum atomic E-state index is 9.16. The van der Waals surface area contributed by atoms with Crippen molar-refractivity contribution in [2.75, 3.05) is 20.3 Å². The smallest absolute Gasteiger partial charge is 0.225 e. The number of benzene rings is 2. The average molecular weight is 362 g/mol. The molecular weight excluding hydrogens is 340 g/mol. The van der Waals surface area contributed by atoms with Gasteiger partial charge >= 0.3 is 0 Å². The van der Waals surface area contributed by atoms with Crippen LogP contribution in [0.3, 0.4) is 0 Å². The molecule has 0 aliphatic carbocycles. The average Bonchev–Trinajstić information content (AvgIpc) is 2.69. The topological polar surface area (TPSA) is 83.9 Å². The van der Waals surface area contributed by atoms with Gasteiger partial charge in [0.15, 0.2) is 5.75 Å². The van der Waals surface area contributed by atoms with Gasteiger partial charge in [-0.25, -0.2) is 4.99 Å². The van der Waals surface area contributed by atoms with Gasteiger partial charge in [-0.2, -0.15) is 10.3 Å². The van der Waals surface area contributed by atoms with Crippen LogP contribution in [0, 0.1) is 11.3 Å². The Balaban J connectivity index is 1.75. The number of nitriles is 1. The predicted octanol–water partition coefficient (Wildman–Crippen LogP) is 2.87. The van der Waals surface area contributed by atoms with E-state index in [1.807, 2.05) is 24.3 Å². The Morgan fingerprint density at radius 3 is 2.70 bits per heavy atom. The quantitative estimate of drug-likeness (QED) is 0.843. The monoisotopic (exact) mass is 362 g/mol. The molecule has 0 amide bonds. The van der Waals surface area contributed by atoms with E-state index < -0.39 is 0 Å². The molecule has 138 valence electrons. The van der Waals surface area contributed by atoms with E-state index in [2.05, 4.69) is 18.2 Å². The van der Waals surface area contributed by atoms with Crippen molar-refractivity contribution in [3.63, 3.8) is 0 Å². The van der Waals surface area contributed by atoms with Gasteiger partial charge in [0, 0.05) is 26.7 Å². The Bertz CT molecular complexity index is 926. The van der Waals surface area contributed by atoms with Gasteiger partial charge in [-0.1, -0.05) is 24.3 Å². The normalized spacial score (nSPS) is 18.5. The van der Waals surface area contributed by atoms with Crippen molar-refractivity contribution in [3.05, 3.63) is 53.6 Å². The van der Waals surface area contributed by atoms with E-state index in [-0.39, 0.29) is 5.54 Å². The number of aliphatic imine (C=N–C) groups is 1. The van der Waals surface area contributed by atoms with E-state index in [0.29, 0.717) is 24.7 Å². The lowest BCUT2D eigenvalue weighted by atomic mass is 9.83. The van der Waals surface area contributed by atoms with E-state index in [4.69, 9.17) is 25.6 Å². The van der Waals surface area contributed by atoms with Crippen LogP contribution in [0.2, 0.25) is 0 Å². The lowest BCUT2D eigenvalue weighted by molar-refractivity contribution is 0.0278. The van der Waals surface area contributed by atoms with Gasteiger partial charge in [0.25, 0.3) is 0 Å². The van der Waals surface area contributed by atoms with Crippen LogP contribution in [0.5, 0.6) is 5.75 Å². The molecule has 0 bridgehead atoms. The maximum absolute atomic E-state index is 9.16. The summed E-state index contributed by atoms with van der Waals surface area (Å²) in [6.45, 7) is 1.38. The van der Waals surface area contributed by atoms with Crippen LogP contribution < -0.4 is 10.6 Å². The zero-order chi connectivity index (χ0) is 18.9. The second-order valence-electron chi connectivity index (χ2n) is 7.09. The fourth-order valence-electron chi connectivity index (χ4n) is 3.68. The fraction of sp³-hybridized carbons (Fsp3) is 0.333. The SMILES string of the molecule is CN1Oc2cc(-c3cccc(C#N)c3)ccc2CC2(CCOCC2)N=C1N. The lowest BCUT2D eigenvalue weighted by Gasteiger charge is -2.37. The number of hydroxylamine groups is 2. The number of nitrogens with two attached hydrogens (primary N) is 1. The summed E-state index contributed by atoms with van der Waals surface area (Å²) in [5.41, 5.74) is 9.63. The van der Waals surface area contributed by atoms with Crippen molar-refractivity contribution >= 4 is 5.96 Å². The number of fused-ring (bicyclic) bond motifs is 1. The Morgan fingerprint density at radius 2 is 1.93 bits per heavy atom. The first-order chi connectivity index (χ1) is 13.1. The molecule has 1 saturated heterocycles. The molecule has 2 N–H and O–H groups in total. The van der Waals surface area contributed by atoms with Crippen molar-refractivity contribution < 1.29 is 9.57 Å². The van der Waals surface area contributed by atoms with Crippen molar-refractivity contribution in [2.45, 2.75) is 24.8 Å². The van der Waals surface area contributed by atoms with Gasteiger partial charge < -0.3 is 15.3 Å². The summed E-state index contributed by atoms with van der Waals surface area (Å²) in [7, 11) is 1.77. The largest absolute Gasteiger partial charge is 0.381 e. The molecule has 27 heavy (non-hydrogen) atoms. The molecule has 2 aromatic carbocycles. The molecule has 4 rings (SSSR count). The minimum absolute atomic E-state index is 0.253. The summed E-state index contributed by atoms with van der Waals surface area (Å²) in [4.78, 5) is 10.8. The van der Waals surface area contributed by atoms with E-state index >= 15 is 0 Å². The zero-order valence-electron chi connectivity index (χ0n) is 15.3. The highest BCUT2D eigenvalue weighted by Crippen LogP contribution is 2.36. The van der Waals surface area contributed by atoms with E-state index in [1.165, 1.54) is 5.06 Å².